The van der Waals surface area contributed by atoms with Gasteiger partial charge in [-0.15, -0.1) is 0 Å². The number of Topliss-reactive ketones (excluding diaryl/α,β-unsaturated/α-hetero) is 1. The molecule has 0 amide bonds. The second-order valence-corrected chi connectivity index (χ2v) is 36.8. The van der Waals surface area contributed by atoms with Crippen LogP contribution in [0.5, 0.6) is 46.0 Å². The first-order valence-corrected chi connectivity index (χ1v) is 44.4. The predicted octanol–water partition coefficient (Wildman–Crippen LogP) is 25.6. The molecule has 25 nitrogen and oxygen atoms in total. The van der Waals surface area contributed by atoms with Gasteiger partial charge in [0.15, 0.2) is 40.4 Å². The molecular weight excluding hydrogens is 1850 g/mol. The van der Waals surface area contributed by atoms with Crippen molar-refractivity contribution in [2.24, 2.45) is 0 Å². The molecule has 0 bridgehead atoms. The minimum Gasteiger partial charge on any atom is -0.497 e. The number of carbonyl (C=O) groups excluding carboxylic acids is 7. The van der Waals surface area contributed by atoms with Gasteiger partial charge in [0.1, 0.15) is 89.2 Å². The molecule has 0 saturated carbocycles. The summed E-state index contributed by atoms with van der Waals surface area (Å²) in [5.41, 5.74) is 7.79. The Bertz CT molecular complexity index is 6710. The Morgan fingerprint density at radius 1 is 0.372 bits per heavy atom. The number of nitrogens with zero attached hydrogens (tertiary/aromatic N) is 5. The van der Waals surface area contributed by atoms with E-state index < -0.39 is 52.0 Å². The van der Waals surface area contributed by atoms with Gasteiger partial charge in [-0.2, -0.15) is 0 Å². The van der Waals surface area contributed by atoms with Gasteiger partial charge in [0, 0.05) is 69.8 Å². The van der Waals surface area contributed by atoms with Gasteiger partial charge in [-0.25, -0.2) is 39.3 Å². The van der Waals surface area contributed by atoms with Crippen LogP contribution in [0.15, 0.2) is 170 Å². The van der Waals surface area contributed by atoms with Gasteiger partial charge < -0.3 is 57.6 Å². The van der Waals surface area contributed by atoms with Crippen molar-refractivity contribution in [3.63, 3.8) is 0 Å². The van der Waals surface area contributed by atoms with Gasteiger partial charge in [0.05, 0.1) is 91.5 Å². The monoisotopic (exact) mass is 1970 g/mol. The van der Waals surface area contributed by atoms with E-state index in [2.05, 4.69) is 24.9 Å². The fraction of sp³-hybridized carbons (Fsp3) is 0.299. The Labute approximate surface area is 824 Å². The SMILES string of the molecule is COc1ccc2cc(C(=O)/C=C/c3cc(C)c(OC(C)(C)C(=O)O)c(C)c3)c(Cl)nc2c1.COc1ccc2cc(C(=O)/C=C/c3cc(C)c(OC(C)(C)C(=O)OC(C)(C)C)c(C)c3)c(Cl)nc2c1.COc1ccc2cc(C(C)=O)c(Cl)nc2c1.COc1ccc2cc(C(C)O)c(Cl)nc2c1.COc1ccc2cc(C=O)c(Cl)nc2c1.Cc1cc(C=O)cc(C)c1OC(C)(C)C(=O)OC(C)(C)C.[3H]C. The molecular formula is C107H114Cl5N5O20. The summed E-state index contributed by atoms with van der Waals surface area (Å²) >= 11 is 30.3. The molecule has 5 heterocycles. The number of methoxy groups -OCH3 is 5. The van der Waals surface area contributed by atoms with E-state index in [4.69, 9.17) is 107 Å². The lowest BCUT2D eigenvalue weighted by molar-refractivity contribution is -0.171. The van der Waals surface area contributed by atoms with Crippen molar-refractivity contribution < 1.29 is 97.3 Å². The minimum absolute atomic E-state index is 0.0878. The normalized spacial score (nSPS) is 11.6. The highest BCUT2D eigenvalue weighted by Crippen LogP contribution is 2.37. The van der Waals surface area contributed by atoms with Crippen molar-refractivity contribution in [2.75, 3.05) is 35.5 Å². The highest BCUT2D eigenvalue weighted by Gasteiger charge is 2.38. The zero-order chi connectivity index (χ0) is 103. The van der Waals surface area contributed by atoms with E-state index in [9.17, 15) is 48.6 Å². The minimum atomic E-state index is -1.35. The lowest BCUT2D eigenvalue weighted by Gasteiger charge is -2.30. The Morgan fingerprint density at radius 2 is 0.642 bits per heavy atom. The van der Waals surface area contributed by atoms with Gasteiger partial charge >= 0.3 is 17.9 Å². The second kappa shape index (κ2) is 47.6. The molecule has 13 rings (SSSR count). The topological polar surface area (TPSA) is 334 Å². The molecule has 0 aliphatic heterocycles. The number of aliphatic carboxylic acids is 1. The Hall–Kier alpha value is -13.1. The van der Waals surface area contributed by atoms with E-state index in [1.165, 1.54) is 40.3 Å². The number of carboxylic acids is 1. The molecule has 1 atom stereocenters. The van der Waals surface area contributed by atoms with Crippen molar-refractivity contribution in [3.05, 3.63) is 274 Å². The zero-order valence-corrected chi connectivity index (χ0v) is 85.2. The number of halogens is 5. The highest BCUT2D eigenvalue weighted by molar-refractivity contribution is 6.35. The van der Waals surface area contributed by atoms with Crippen LogP contribution in [0.4, 0.5) is 0 Å². The fourth-order valence-electron chi connectivity index (χ4n) is 13.2. The molecule has 30 heteroatoms. The summed E-state index contributed by atoms with van der Waals surface area (Å²) in [6.07, 6.45) is 7.18. The third kappa shape index (κ3) is 30.4. The first kappa shape index (κ1) is 109. The quantitative estimate of drug-likeness (QED) is 0.0187. The summed E-state index contributed by atoms with van der Waals surface area (Å²) in [5, 5.41) is 24.1. The van der Waals surface area contributed by atoms with Gasteiger partial charge in [-0.05, 0) is 323 Å². The average Bonchev–Trinajstić information content (AvgIpc) is 0.798. The number of aryl methyl sites for hydroxylation is 6. The number of esters is 2. The number of hydrogen-bond donors (Lipinski definition) is 2. The smallest absolute Gasteiger partial charge is 0.350 e. The summed E-state index contributed by atoms with van der Waals surface area (Å²) < 4.78 is 60.0. The van der Waals surface area contributed by atoms with Gasteiger partial charge in [0.2, 0.25) is 0 Å². The fourth-order valence-corrected chi connectivity index (χ4v) is 14.4. The van der Waals surface area contributed by atoms with Crippen LogP contribution in [-0.4, -0.2) is 147 Å². The molecule has 722 valence electrons. The van der Waals surface area contributed by atoms with Gasteiger partial charge in [0.25, 0.3) is 0 Å². The summed E-state index contributed by atoms with van der Waals surface area (Å²) in [6, 6.07) is 46.9. The number of benzene rings is 8. The van der Waals surface area contributed by atoms with Crippen LogP contribution in [0.3, 0.4) is 0 Å². The van der Waals surface area contributed by atoms with Crippen LogP contribution in [0.2, 0.25) is 25.8 Å². The molecule has 1 unspecified atom stereocenters. The number of ether oxygens (including phenoxy) is 10. The van der Waals surface area contributed by atoms with Crippen LogP contribution >= 0.6 is 58.0 Å². The average molecular weight is 1970 g/mol. The van der Waals surface area contributed by atoms with Crippen molar-refractivity contribution in [2.45, 2.75) is 180 Å². The van der Waals surface area contributed by atoms with E-state index in [1.54, 1.807) is 155 Å². The number of rotatable bonds is 24. The van der Waals surface area contributed by atoms with E-state index in [-0.39, 0.29) is 38.0 Å². The molecule has 8 aromatic carbocycles. The Balaban J connectivity index is 0.000000232. The maximum atomic E-state index is 12.9. The maximum absolute atomic E-state index is 12.9. The maximum Gasteiger partial charge on any atom is 0.350 e. The number of aldehydes is 2. The number of allylic oxidation sites excluding steroid dienone is 2. The third-order valence-electron chi connectivity index (χ3n) is 20.2. The predicted molar refractivity (Wildman–Crippen MR) is 543 cm³/mol. The van der Waals surface area contributed by atoms with Crippen molar-refractivity contribution >= 4 is 173 Å². The summed E-state index contributed by atoms with van der Waals surface area (Å²) in [6.45, 7) is 34.9. The van der Waals surface area contributed by atoms with Crippen molar-refractivity contribution in [3.8, 4) is 46.0 Å². The van der Waals surface area contributed by atoms with E-state index in [0.717, 1.165) is 89.0 Å². The molecule has 0 fully saturated rings. The molecule has 0 radical (unpaired) electrons. The van der Waals surface area contributed by atoms with Gasteiger partial charge in [-0.1, -0.05) is 77.6 Å². The number of aromatic nitrogens is 5. The van der Waals surface area contributed by atoms with Gasteiger partial charge in [-0.3, -0.25) is 24.0 Å². The van der Waals surface area contributed by atoms with E-state index in [1.807, 2.05) is 168 Å². The highest BCUT2D eigenvalue weighted by atomic mass is 35.5. The van der Waals surface area contributed by atoms with Crippen molar-refractivity contribution in [1.82, 2.24) is 24.9 Å². The van der Waals surface area contributed by atoms with Crippen LogP contribution in [0.1, 0.15) is 214 Å². The lowest BCUT2D eigenvalue weighted by atomic mass is 10.0. The van der Waals surface area contributed by atoms with Crippen LogP contribution in [-0.2, 0) is 23.9 Å². The number of pyridine rings is 5. The molecule has 0 saturated heterocycles. The van der Waals surface area contributed by atoms with Crippen molar-refractivity contribution in [1.29, 1.82) is 0 Å². The van der Waals surface area contributed by atoms with Crippen LogP contribution < -0.4 is 37.9 Å². The number of fused-ring (bicyclic) bond motifs is 5. The standard InChI is InChI=1S/C29H32ClNO5.C25H24ClNO5.C17H24O4.C12H12ClNO2.C12H10ClNO2.C11H8ClNO2.CH4/c1-17-13-19(14-18(2)25(17)35-29(6,7)27(33)36-28(3,4)5)9-12-24(32)22-15-20-10-11-21(34-8)16-23(20)31-26(22)30;1-14-10-16(11-15(2)22(14)32-25(3,4)24(29)30)6-9-21(28)19-12-17-7-8-18(31-5)13-20(17)27-23(19)26;1-11-8-13(10-18)9-12(2)14(11)20-17(6,7)15(19)21-16(3,4)5;2*1-7(15)10-5-8-3-4-9(16-2)6-11(8)14-12(10)13;1-15-9-3-2-7-4-8(6-14)11(12)13-10(7)5-9;/h9-16H,1-8H3;6-13H,1-5H3,(H,29,30);8-10H,1-7H3;3-7,15H,1-2H3;3-6H,1-2H3;2-6H,1H3;1H4/b12-9+;9-6+;;;;;/i;;;;;;1T. The summed E-state index contributed by atoms with van der Waals surface area (Å²) in [4.78, 5) is 116. The Morgan fingerprint density at radius 3 is 0.920 bits per heavy atom. The number of carbonyl (C=O) groups is 8. The lowest BCUT2D eigenvalue weighted by Crippen LogP contribution is -2.43. The summed E-state index contributed by atoms with van der Waals surface area (Å²) in [7, 11) is 9.18. The molecule has 137 heavy (non-hydrogen) atoms. The Kier molecular flexibility index (Phi) is 37.9. The number of carboxylic acid groups (broad SMARTS) is 1. The number of aliphatic hydroxyl groups is 1. The zero-order valence-electron chi connectivity index (χ0n) is 82.4. The molecule has 0 spiro atoms. The van der Waals surface area contributed by atoms with Crippen LogP contribution in [0.25, 0.3) is 66.7 Å². The number of aliphatic hydroxyl groups excluding tert-OH is 1. The molecule has 0 aliphatic rings. The van der Waals surface area contributed by atoms with E-state index in [0.29, 0.717) is 107 Å². The number of ketones is 3. The first-order valence-electron chi connectivity index (χ1n) is 43.5. The van der Waals surface area contributed by atoms with E-state index >= 15 is 0 Å². The molecule has 5 aromatic heterocycles. The largest absolute Gasteiger partial charge is 0.497 e. The molecule has 0 aliphatic carbocycles. The van der Waals surface area contributed by atoms with Crippen LogP contribution in [0, 0.1) is 41.5 Å². The summed E-state index contributed by atoms with van der Waals surface area (Å²) in [5.74, 6) is 2.67. The third-order valence-corrected chi connectivity index (χ3v) is 21.7. The first-order chi connectivity index (χ1) is 64.6. The number of hydrogen-bond acceptors (Lipinski definition) is 24. The molecule has 13 aromatic rings. The molecule has 2 N–H and O–H groups in total. The second-order valence-electron chi connectivity index (χ2n) is 35.0.